The van der Waals surface area contributed by atoms with Crippen LogP contribution in [0.25, 0.3) is 0 Å². The van der Waals surface area contributed by atoms with Crippen LogP contribution in [0.1, 0.15) is 24.1 Å². The molecule has 1 aromatic carbocycles. The first-order valence-electron chi connectivity index (χ1n) is 5.41. The fraction of sp³-hybridized carbons (Fsp3) is 0.500. The first kappa shape index (κ1) is 11.8. The van der Waals surface area contributed by atoms with Crippen LogP contribution in [0.4, 0.5) is 4.39 Å². The van der Waals surface area contributed by atoms with Gasteiger partial charge in [-0.25, -0.2) is 4.39 Å². The van der Waals surface area contributed by atoms with E-state index < -0.39 is 0 Å². The van der Waals surface area contributed by atoms with Gasteiger partial charge in [-0.2, -0.15) is 0 Å². The Morgan fingerprint density at radius 1 is 1.44 bits per heavy atom. The number of nitrogens with one attached hydrogen (secondary N) is 1. The van der Waals surface area contributed by atoms with Crippen LogP contribution >= 0.6 is 12.4 Å². The zero-order chi connectivity index (χ0) is 10.4. The third-order valence-electron chi connectivity index (χ3n) is 3.27. The average Bonchev–Trinajstić information content (AvgIpc) is 2.54. The van der Waals surface area contributed by atoms with Gasteiger partial charge in [0, 0.05) is 13.0 Å². The van der Waals surface area contributed by atoms with E-state index in [4.69, 9.17) is 4.74 Å². The van der Waals surface area contributed by atoms with Crippen molar-refractivity contribution in [2.24, 2.45) is 0 Å². The molecule has 1 unspecified atom stereocenters. The summed E-state index contributed by atoms with van der Waals surface area (Å²) in [6.45, 7) is 2.91. The SMILES string of the molecule is CC1CN[C@H]2c3cc(F)ccc3C[C@H]2O1.Cl. The smallest absolute Gasteiger partial charge is 0.123 e. The standard InChI is InChI=1S/C12H14FNO.ClH/c1-7-6-14-12-10-5-9(13)3-2-8(10)4-11(12)15-7;/h2-3,5,7,11-12,14H,4,6H2,1H3;1H/t7?,11-,12+;/m1./s1. The van der Waals surface area contributed by atoms with E-state index >= 15 is 0 Å². The zero-order valence-corrected chi connectivity index (χ0v) is 9.89. The molecule has 2 aliphatic rings. The highest BCUT2D eigenvalue weighted by Gasteiger charge is 2.37. The fourth-order valence-electron chi connectivity index (χ4n) is 2.58. The lowest BCUT2D eigenvalue weighted by Crippen LogP contribution is -2.44. The molecular weight excluding hydrogens is 229 g/mol. The van der Waals surface area contributed by atoms with E-state index in [0.717, 1.165) is 18.5 Å². The molecule has 0 bridgehead atoms. The van der Waals surface area contributed by atoms with Crippen LogP contribution in [0.2, 0.25) is 0 Å². The van der Waals surface area contributed by atoms with Crippen LogP contribution in [0.3, 0.4) is 0 Å². The normalized spacial score (nSPS) is 31.5. The highest BCUT2D eigenvalue weighted by Crippen LogP contribution is 2.36. The van der Waals surface area contributed by atoms with E-state index in [-0.39, 0.29) is 36.5 Å². The summed E-state index contributed by atoms with van der Waals surface area (Å²) >= 11 is 0. The Morgan fingerprint density at radius 3 is 3.06 bits per heavy atom. The highest BCUT2D eigenvalue weighted by molar-refractivity contribution is 5.85. The van der Waals surface area contributed by atoms with Gasteiger partial charge in [0.05, 0.1) is 18.2 Å². The van der Waals surface area contributed by atoms with Gasteiger partial charge in [0.2, 0.25) is 0 Å². The summed E-state index contributed by atoms with van der Waals surface area (Å²) < 4.78 is 19.0. The molecule has 1 aromatic rings. The van der Waals surface area contributed by atoms with Gasteiger partial charge >= 0.3 is 0 Å². The number of halogens is 2. The maximum absolute atomic E-state index is 13.1. The van der Waals surface area contributed by atoms with Crippen LogP contribution < -0.4 is 5.32 Å². The molecule has 0 radical (unpaired) electrons. The molecule has 0 aromatic heterocycles. The molecule has 0 saturated carbocycles. The Morgan fingerprint density at radius 2 is 2.25 bits per heavy atom. The Balaban J connectivity index is 0.000000963. The fourth-order valence-corrected chi connectivity index (χ4v) is 2.58. The van der Waals surface area contributed by atoms with Crippen molar-refractivity contribution in [2.75, 3.05) is 6.54 Å². The second kappa shape index (κ2) is 4.32. The minimum absolute atomic E-state index is 0. The van der Waals surface area contributed by atoms with Gasteiger partial charge in [-0.1, -0.05) is 6.07 Å². The second-order valence-electron chi connectivity index (χ2n) is 4.42. The Hall–Kier alpha value is -0.640. The molecular formula is C12H15ClFNO. The predicted molar refractivity (Wildman–Crippen MR) is 62.4 cm³/mol. The van der Waals surface area contributed by atoms with Crippen LogP contribution in [0, 0.1) is 5.82 Å². The van der Waals surface area contributed by atoms with Crippen molar-refractivity contribution in [2.45, 2.75) is 31.6 Å². The molecule has 4 heteroatoms. The summed E-state index contributed by atoms with van der Waals surface area (Å²) in [7, 11) is 0. The van der Waals surface area contributed by atoms with E-state index in [1.807, 2.05) is 6.07 Å². The van der Waals surface area contributed by atoms with Crippen LogP contribution in [0.15, 0.2) is 18.2 Å². The van der Waals surface area contributed by atoms with Crippen molar-refractivity contribution in [3.8, 4) is 0 Å². The van der Waals surface area contributed by atoms with Gasteiger partial charge in [-0.15, -0.1) is 12.4 Å². The van der Waals surface area contributed by atoms with Crippen molar-refractivity contribution in [3.05, 3.63) is 35.1 Å². The second-order valence-corrected chi connectivity index (χ2v) is 4.42. The van der Waals surface area contributed by atoms with Gasteiger partial charge in [0.15, 0.2) is 0 Å². The lowest BCUT2D eigenvalue weighted by molar-refractivity contribution is -0.0469. The van der Waals surface area contributed by atoms with Gasteiger partial charge < -0.3 is 10.1 Å². The number of ether oxygens (including phenoxy) is 1. The molecule has 1 aliphatic carbocycles. The van der Waals surface area contributed by atoms with E-state index in [0.29, 0.717) is 0 Å². The number of hydrogen-bond donors (Lipinski definition) is 1. The first-order valence-corrected chi connectivity index (χ1v) is 5.41. The molecule has 1 heterocycles. The maximum Gasteiger partial charge on any atom is 0.123 e. The van der Waals surface area contributed by atoms with Crippen molar-refractivity contribution < 1.29 is 9.13 Å². The third-order valence-corrected chi connectivity index (χ3v) is 3.27. The minimum Gasteiger partial charge on any atom is -0.372 e. The lowest BCUT2D eigenvalue weighted by atomic mass is 10.1. The van der Waals surface area contributed by atoms with E-state index in [9.17, 15) is 4.39 Å². The number of morpholine rings is 1. The van der Waals surface area contributed by atoms with Gasteiger partial charge in [0.1, 0.15) is 5.82 Å². The van der Waals surface area contributed by atoms with E-state index in [1.165, 1.54) is 11.6 Å². The van der Waals surface area contributed by atoms with Crippen molar-refractivity contribution in [1.29, 1.82) is 0 Å². The van der Waals surface area contributed by atoms with Crippen LogP contribution in [0.5, 0.6) is 0 Å². The third kappa shape index (κ3) is 1.83. The monoisotopic (exact) mass is 243 g/mol. The number of rotatable bonds is 0. The number of benzene rings is 1. The predicted octanol–water partition coefficient (Wildman–Crippen LogP) is 2.22. The molecule has 1 aliphatic heterocycles. The van der Waals surface area contributed by atoms with E-state index in [1.54, 1.807) is 6.07 Å². The Kier molecular flexibility index (Phi) is 3.19. The molecule has 0 amide bonds. The molecule has 3 atom stereocenters. The quantitative estimate of drug-likeness (QED) is 0.755. The lowest BCUT2D eigenvalue weighted by Gasteiger charge is -2.32. The Labute approximate surface area is 101 Å². The number of fused-ring (bicyclic) bond motifs is 3. The zero-order valence-electron chi connectivity index (χ0n) is 9.07. The van der Waals surface area contributed by atoms with E-state index in [2.05, 4.69) is 12.2 Å². The van der Waals surface area contributed by atoms with Gasteiger partial charge in [0.25, 0.3) is 0 Å². The van der Waals surface area contributed by atoms with Gasteiger partial charge in [-0.3, -0.25) is 0 Å². The van der Waals surface area contributed by atoms with Crippen LogP contribution in [-0.4, -0.2) is 18.8 Å². The minimum atomic E-state index is -0.158. The molecule has 88 valence electrons. The molecule has 3 rings (SSSR count). The summed E-state index contributed by atoms with van der Waals surface area (Å²) in [6.07, 6.45) is 1.34. The summed E-state index contributed by atoms with van der Waals surface area (Å²) in [5, 5.41) is 3.42. The van der Waals surface area contributed by atoms with Crippen molar-refractivity contribution in [1.82, 2.24) is 5.32 Å². The molecule has 1 N–H and O–H groups in total. The first-order chi connectivity index (χ1) is 7.24. The summed E-state index contributed by atoms with van der Waals surface area (Å²) in [5.41, 5.74) is 2.29. The summed E-state index contributed by atoms with van der Waals surface area (Å²) in [4.78, 5) is 0. The summed E-state index contributed by atoms with van der Waals surface area (Å²) in [5.74, 6) is -0.158. The van der Waals surface area contributed by atoms with Crippen molar-refractivity contribution >= 4 is 12.4 Å². The largest absolute Gasteiger partial charge is 0.372 e. The molecule has 0 spiro atoms. The Bertz CT molecular complexity index is 399. The molecule has 1 fully saturated rings. The molecule has 16 heavy (non-hydrogen) atoms. The summed E-state index contributed by atoms with van der Waals surface area (Å²) in [6, 6.07) is 5.22. The van der Waals surface area contributed by atoms with Crippen molar-refractivity contribution in [3.63, 3.8) is 0 Å². The van der Waals surface area contributed by atoms with Crippen LogP contribution in [-0.2, 0) is 11.2 Å². The maximum atomic E-state index is 13.1. The topological polar surface area (TPSA) is 21.3 Å². The molecule has 2 nitrogen and oxygen atoms in total. The van der Waals surface area contributed by atoms with Gasteiger partial charge in [-0.05, 0) is 30.2 Å². The average molecular weight is 244 g/mol. The highest BCUT2D eigenvalue weighted by atomic mass is 35.5. The number of hydrogen-bond acceptors (Lipinski definition) is 2. The molecule has 1 saturated heterocycles.